The number of hydrogen-bond acceptors (Lipinski definition) is 7. The van der Waals surface area contributed by atoms with Crippen LogP contribution in [-0.2, 0) is 32.0 Å². The van der Waals surface area contributed by atoms with Crippen molar-refractivity contribution in [3.05, 3.63) is 71.8 Å². The number of thioether (sulfide) groups is 1. The van der Waals surface area contributed by atoms with Crippen LogP contribution in [0.5, 0.6) is 0 Å². The van der Waals surface area contributed by atoms with E-state index in [0.29, 0.717) is 18.6 Å². The highest BCUT2D eigenvalue weighted by molar-refractivity contribution is 7.98. The molecule has 0 aliphatic heterocycles. The molecule has 4 unspecified atom stereocenters. The standard InChI is InChI=1S/C29H41N7O5S/c1-42-16-14-21(30)25(37)35-23(17-19-9-4-2-5-10-19)27(39)34-22(13-8-15-33-29(31)32)26(38)36-24(28(40)41)18-20-11-6-3-7-12-20/h2-7,9-12,21-24H,8,13-18,30H2,1H3,(H,34,39)(H,35,37)(H,36,38)(H,40,41)(H4,31,32,33). The number of amides is 3. The van der Waals surface area contributed by atoms with Crippen molar-refractivity contribution in [2.24, 2.45) is 22.2 Å². The van der Waals surface area contributed by atoms with E-state index in [-0.39, 0.29) is 31.8 Å². The van der Waals surface area contributed by atoms with Crippen LogP contribution >= 0.6 is 11.8 Å². The fraction of sp³-hybridized carbons (Fsp3) is 0.414. The van der Waals surface area contributed by atoms with Gasteiger partial charge in [0.25, 0.3) is 0 Å². The summed E-state index contributed by atoms with van der Waals surface area (Å²) in [4.78, 5) is 55.6. The Kier molecular flexibility index (Phi) is 14.9. The van der Waals surface area contributed by atoms with Crippen LogP contribution in [0.3, 0.4) is 0 Å². The first-order valence-electron chi connectivity index (χ1n) is 13.6. The number of hydrogen-bond donors (Lipinski definition) is 7. The van der Waals surface area contributed by atoms with Crippen LogP contribution < -0.4 is 33.2 Å². The maximum Gasteiger partial charge on any atom is 0.326 e. The van der Waals surface area contributed by atoms with Gasteiger partial charge in [0.15, 0.2) is 5.96 Å². The minimum Gasteiger partial charge on any atom is -0.480 e. The fourth-order valence-corrected chi connectivity index (χ4v) is 4.57. The highest BCUT2D eigenvalue weighted by Gasteiger charge is 2.30. The second kappa shape index (κ2) is 18.4. The number of rotatable bonds is 18. The molecule has 2 aromatic rings. The molecular formula is C29H41N7O5S. The van der Waals surface area contributed by atoms with E-state index in [0.717, 1.165) is 11.1 Å². The molecule has 3 amide bonds. The van der Waals surface area contributed by atoms with Gasteiger partial charge in [-0.2, -0.15) is 11.8 Å². The first-order chi connectivity index (χ1) is 20.1. The summed E-state index contributed by atoms with van der Waals surface area (Å²) < 4.78 is 0. The SMILES string of the molecule is CSCCC(N)C(=O)NC(Cc1ccccc1)C(=O)NC(CCCN=C(N)N)C(=O)NC(Cc1ccccc1)C(=O)O. The summed E-state index contributed by atoms with van der Waals surface area (Å²) in [7, 11) is 0. The molecule has 4 atom stereocenters. The Balaban J connectivity index is 2.24. The van der Waals surface area contributed by atoms with E-state index in [1.165, 1.54) is 0 Å². The second-order valence-electron chi connectivity index (χ2n) is 9.74. The minimum absolute atomic E-state index is 0.0528. The third-order valence-corrected chi connectivity index (χ3v) is 7.00. The van der Waals surface area contributed by atoms with Gasteiger partial charge in [-0.25, -0.2) is 4.79 Å². The molecule has 228 valence electrons. The Morgan fingerprint density at radius 3 is 1.81 bits per heavy atom. The summed E-state index contributed by atoms with van der Waals surface area (Å²) in [5.41, 5.74) is 18.3. The van der Waals surface area contributed by atoms with Crippen molar-refractivity contribution >= 4 is 41.4 Å². The van der Waals surface area contributed by atoms with Gasteiger partial charge in [0, 0.05) is 19.4 Å². The van der Waals surface area contributed by atoms with Gasteiger partial charge in [-0.3, -0.25) is 19.4 Å². The molecule has 0 saturated carbocycles. The zero-order valence-corrected chi connectivity index (χ0v) is 24.5. The van der Waals surface area contributed by atoms with Crippen molar-refractivity contribution < 1.29 is 24.3 Å². The molecule has 0 aliphatic rings. The number of carbonyl (C=O) groups is 4. The second-order valence-corrected chi connectivity index (χ2v) is 10.7. The van der Waals surface area contributed by atoms with Crippen molar-refractivity contribution in [1.82, 2.24) is 16.0 Å². The summed E-state index contributed by atoms with van der Waals surface area (Å²) in [6, 6.07) is 13.8. The lowest BCUT2D eigenvalue weighted by atomic mass is 10.0. The van der Waals surface area contributed by atoms with Gasteiger partial charge >= 0.3 is 5.97 Å². The zero-order valence-electron chi connectivity index (χ0n) is 23.7. The van der Waals surface area contributed by atoms with E-state index in [1.54, 1.807) is 42.1 Å². The smallest absolute Gasteiger partial charge is 0.326 e. The number of guanidine groups is 1. The summed E-state index contributed by atoms with van der Waals surface area (Å²) in [5.74, 6) is -2.43. The fourth-order valence-electron chi connectivity index (χ4n) is 4.08. The number of aliphatic carboxylic acids is 1. The normalized spacial score (nSPS) is 13.6. The van der Waals surface area contributed by atoms with Crippen molar-refractivity contribution in [1.29, 1.82) is 0 Å². The molecule has 0 bridgehead atoms. The molecule has 2 rings (SSSR count). The van der Waals surface area contributed by atoms with Crippen molar-refractivity contribution in [2.45, 2.75) is 56.3 Å². The number of carbonyl (C=O) groups excluding carboxylic acids is 3. The molecule has 13 heteroatoms. The molecular weight excluding hydrogens is 558 g/mol. The highest BCUT2D eigenvalue weighted by Crippen LogP contribution is 2.09. The van der Waals surface area contributed by atoms with Gasteiger partial charge in [0.05, 0.1) is 6.04 Å². The Labute approximate surface area is 250 Å². The Bertz CT molecular complexity index is 1180. The first kappa shape index (κ1) is 34.1. The van der Waals surface area contributed by atoms with Crippen molar-refractivity contribution in [3.8, 4) is 0 Å². The first-order valence-corrected chi connectivity index (χ1v) is 15.0. The third kappa shape index (κ3) is 12.6. The van der Waals surface area contributed by atoms with Gasteiger partial charge in [-0.1, -0.05) is 60.7 Å². The average Bonchev–Trinajstić information content (AvgIpc) is 2.97. The van der Waals surface area contributed by atoms with Gasteiger partial charge in [-0.15, -0.1) is 0 Å². The lowest BCUT2D eigenvalue weighted by Crippen LogP contribution is -2.57. The number of nitrogens with two attached hydrogens (primary N) is 3. The minimum atomic E-state index is -1.23. The molecule has 0 saturated heterocycles. The molecule has 0 spiro atoms. The van der Waals surface area contributed by atoms with Crippen LogP contribution in [0.1, 0.15) is 30.4 Å². The van der Waals surface area contributed by atoms with Gasteiger partial charge in [-0.05, 0) is 42.4 Å². The van der Waals surface area contributed by atoms with Gasteiger partial charge < -0.3 is 38.3 Å². The molecule has 0 fully saturated rings. The summed E-state index contributed by atoms with van der Waals surface area (Å²) >= 11 is 1.55. The number of nitrogens with one attached hydrogen (secondary N) is 3. The van der Waals surface area contributed by atoms with Crippen LogP contribution in [0, 0.1) is 0 Å². The molecule has 0 aromatic heterocycles. The number of benzene rings is 2. The average molecular weight is 600 g/mol. The predicted molar refractivity (Wildman–Crippen MR) is 165 cm³/mol. The molecule has 42 heavy (non-hydrogen) atoms. The molecule has 0 heterocycles. The Morgan fingerprint density at radius 1 is 0.786 bits per heavy atom. The van der Waals surface area contributed by atoms with Gasteiger partial charge in [0.1, 0.15) is 18.1 Å². The number of nitrogens with zero attached hydrogens (tertiary/aromatic N) is 1. The molecule has 10 N–H and O–H groups in total. The molecule has 0 radical (unpaired) electrons. The molecule has 0 aliphatic carbocycles. The Hall–Kier alpha value is -4.10. The van der Waals surface area contributed by atoms with E-state index in [4.69, 9.17) is 17.2 Å². The zero-order chi connectivity index (χ0) is 30.9. The number of carboxylic acids is 1. The van der Waals surface area contributed by atoms with Crippen LogP contribution in [-0.4, -0.2) is 77.5 Å². The maximum atomic E-state index is 13.6. The summed E-state index contributed by atoms with van der Waals surface area (Å²) in [6.07, 6.45) is 2.98. The maximum absolute atomic E-state index is 13.6. The third-order valence-electron chi connectivity index (χ3n) is 6.36. The number of carboxylic acid groups (broad SMARTS) is 1. The monoisotopic (exact) mass is 599 g/mol. The van der Waals surface area contributed by atoms with Gasteiger partial charge in [0.2, 0.25) is 17.7 Å². The lowest BCUT2D eigenvalue weighted by Gasteiger charge is -2.25. The summed E-state index contributed by atoms with van der Waals surface area (Å²) in [5, 5.41) is 17.8. The van der Waals surface area contributed by atoms with Crippen LogP contribution in [0.25, 0.3) is 0 Å². The topological polar surface area (TPSA) is 215 Å². The summed E-state index contributed by atoms with van der Waals surface area (Å²) in [6.45, 7) is 0.197. The molecule has 2 aromatic carbocycles. The quantitative estimate of drug-likeness (QED) is 0.0704. The largest absolute Gasteiger partial charge is 0.480 e. The predicted octanol–water partition coefficient (Wildman–Crippen LogP) is 0.145. The lowest BCUT2D eigenvalue weighted by molar-refractivity contribution is -0.142. The highest BCUT2D eigenvalue weighted by atomic mass is 32.2. The van der Waals surface area contributed by atoms with E-state index < -0.39 is 47.9 Å². The van der Waals surface area contributed by atoms with Crippen LogP contribution in [0.15, 0.2) is 65.7 Å². The van der Waals surface area contributed by atoms with Crippen molar-refractivity contribution in [2.75, 3.05) is 18.6 Å². The van der Waals surface area contributed by atoms with Crippen LogP contribution in [0.4, 0.5) is 0 Å². The Morgan fingerprint density at radius 2 is 1.29 bits per heavy atom. The van der Waals surface area contributed by atoms with Crippen molar-refractivity contribution in [3.63, 3.8) is 0 Å². The van der Waals surface area contributed by atoms with E-state index in [1.807, 2.05) is 36.6 Å². The number of aliphatic imine (C=N–C) groups is 1. The van der Waals surface area contributed by atoms with Crippen LogP contribution in [0.2, 0.25) is 0 Å². The molecule has 12 nitrogen and oxygen atoms in total. The van der Waals surface area contributed by atoms with E-state index in [2.05, 4.69) is 20.9 Å². The van der Waals surface area contributed by atoms with E-state index in [9.17, 15) is 24.3 Å². The van der Waals surface area contributed by atoms with E-state index >= 15 is 0 Å².